The lowest BCUT2D eigenvalue weighted by atomic mass is 10.3. The SMILES string of the molecule is C[Si](C)(C)N(C1CSC=N1)[Si](c1ccccc1)(c1ccccc1)c1ccccc1. The highest BCUT2D eigenvalue weighted by Gasteiger charge is 2.52. The Labute approximate surface area is 180 Å². The quantitative estimate of drug-likeness (QED) is 0.434. The van der Waals surface area contributed by atoms with Crippen molar-refractivity contribution in [2.75, 3.05) is 5.75 Å². The topological polar surface area (TPSA) is 15.6 Å². The average molecular weight is 433 g/mol. The summed E-state index contributed by atoms with van der Waals surface area (Å²) in [5.74, 6) is 1.03. The zero-order chi connectivity index (χ0) is 20.3. The van der Waals surface area contributed by atoms with Gasteiger partial charge in [0.25, 0.3) is 0 Å². The van der Waals surface area contributed by atoms with Crippen LogP contribution in [0.15, 0.2) is 96.0 Å². The molecule has 29 heavy (non-hydrogen) atoms. The number of hydrogen-bond donors (Lipinski definition) is 0. The van der Waals surface area contributed by atoms with E-state index in [0.717, 1.165) is 5.75 Å². The average Bonchev–Trinajstić information content (AvgIpc) is 3.27. The van der Waals surface area contributed by atoms with Crippen LogP contribution in [-0.2, 0) is 0 Å². The monoisotopic (exact) mass is 432 g/mol. The molecular weight excluding hydrogens is 405 g/mol. The molecule has 148 valence electrons. The molecule has 1 aliphatic heterocycles. The van der Waals surface area contributed by atoms with Crippen LogP contribution in [0.2, 0.25) is 19.6 Å². The van der Waals surface area contributed by atoms with Gasteiger partial charge in [-0.25, -0.2) is 0 Å². The highest BCUT2D eigenvalue weighted by molar-refractivity contribution is 8.12. The maximum absolute atomic E-state index is 4.98. The Kier molecular flexibility index (Phi) is 5.92. The first-order valence-corrected chi connectivity index (χ1v) is 16.6. The fourth-order valence-electron chi connectivity index (χ4n) is 4.56. The molecule has 0 bridgehead atoms. The number of hydrogen-bond acceptors (Lipinski definition) is 3. The second-order valence-electron chi connectivity index (χ2n) is 8.42. The van der Waals surface area contributed by atoms with Crippen molar-refractivity contribution < 1.29 is 0 Å². The molecule has 4 rings (SSSR count). The minimum atomic E-state index is -2.49. The smallest absolute Gasteiger partial charge is 0.220 e. The number of thioether (sulfide) groups is 1. The van der Waals surface area contributed by atoms with Gasteiger partial charge in [0.05, 0.1) is 5.55 Å². The van der Waals surface area contributed by atoms with Gasteiger partial charge in [-0.3, -0.25) is 4.99 Å². The van der Waals surface area contributed by atoms with Crippen LogP contribution in [-0.4, -0.2) is 38.2 Å². The van der Waals surface area contributed by atoms with Crippen LogP contribution in [0.25, 0.3) is 0 Å². The van der Waals surface area contributed by atoms with Crippen molar-refractivity contribution in [3.05, 3.63) is 91.0 Å². The number of aliphatic imine (C=N–C) groups is 1. The molecule has 1 heterocycles. The van der Waals surface area contributed by atoms with Gasteiger partial charge in [-0.05, 0) is 15.6 Å². The second kappa shape index (κ2) is 8.44. The van der Waals surface area contributed by atoms with Crippen LogP contribution in [0.3, 0.4) is 0 Å². The molecule has 1 aliphatic rings. The maximum Gasteiger partial charge on any atom is 0.220 e. The lowest BCUT2D eigenvalue weighted by Gasteiger charge is -2.51. The van der Waals surface area contributed by atoms with E-state index in [1.165, 1.54) is 15.6 Å². The molecule has 0 saturated carbocycles. The fourth-order valence-corrected chi connectivity index (χ4v) is 16.2. The van der Waals surface area contributed by atoms with E-state index in [-0.39, 0.29) is 6.17 Å². The first-order chi connectivity index (χ1) is 14.0. The van der Waals surface area contributed by atoms with E-state index < -0.39 is 16.5 Å². The molecule has 2 nitrogen and oxygen atoms in total. The van der Waals surface area contributed by atoms with Gasteiger partial charge in [0.2, 0.25) is 8.24 Å². The minimum Gasteiger partial charge on any atom is -0.313 e. The summed E-state index contributed by atoms with van der Waals surface area (Å²) in [6, 6.07) is 33.6. The summed E-state index contributed by atoms with van der Waals surface area (Å²) in [6.07, 6.45) is 0.221. The Balaban J connectivity index is 2.11. The predicted molar refractivity (Wildman–Crippen MR) is 134 cm³/mol. The zero-order valence-electron chi connectivity index (χ0n) is 17.3. The third-order valence-electron chi connectivity index (χ3n) is 5.51. The molecular formula is C24H28N2SSi2. The Hall–Kier alpha value is -1.93. The maximum atomic E-state index is 4.98. The summed E-state index contributed by atoms with van der Waals surface area (Å²) in [6.45, 7) is 7.42. The van der Waals surface area contributed by atoms with Crippen LogP contribution < -0.4 is 15.6 Å². The Morgan fingerprint density at radius 2 is 1.14 bits per heavy atom. The molecule has 0 radical (unpaired) electrons. The van der Waals surface area contributed by atoms with Crippen molar-refractivity contribution in [3.63, 3.8) is 0 Å². The van der Waals surface area contributed by atoms with Crippen molar-refractivity contribution in [1.82, 2.24) is 4.23 Å². The first kappa shape index (κ1) is 20.4. The molecule has 0 aromatic heterocycles. The molecule has 1 unspecified atom stereocenters. The highest BCUT2D eigenvalue weighted by atomic mass is 32.2. The predicted octanol–water partition coefficient (Wildman–Crippen LogP) is 3.89. The fraction of sp³-hybridized carbons (Fsp3) is 0.208. The lowest BCUT2D eigenvalue weighted by Crippen LogP contribution is -2.83. The van der Waals surface area contributed by atoms with E-state index in [1.54, 1.807) is 0 Å². The van der Waals surface area contributed by atoms with Crippen LogP contribution in [0, 0.1) is 0 Å². The second-order valence-corrected chi connectivity index (χ2v) is 18.2. The molecule has 3 aromatic rings. The normalized spacial score (nSPS) is 17.0. The van der Waals surface area contributed by atoms with Crippen LogP contribution >= 0.6 is 11.8 Å². The van der Waals surface area contributed by atoms with Crippen molar-refractivity contribution in [2.45, 2.75) is 25.8 Å². The molecule has 5 heteroatoms. The molecule has 0 fully saturated rings. The van der Waals surface area contributed by atoms with Gasteiger partial charge >= 0.3 is 0 Å². The summed E-state index contributed by atoms with van der Waals surface area (Å²) in [5, 5.41) is 4.31. The highest BCUT2D eigenvalue weighted by Crippen LogP contribution is 2.28. The van der Waals surface area contributed by atoms with Gasteiger partial charge in [-0.15, -0.1) is 11.8 Å². The molecule has 1 atom stereocenters. The molecule has 0 spiro atoms. The zero-order valence-corrected chi connectivity index (χ0v) is 20.1. The number of benzene rings is 3. The van der Waals surface area contributed by atoms with Crippen molar-refractivity contribution in [2.24, 2.45) is 4.99 Å². The van der Waals surface area contributed by atoms with Crippen molar-refractivity contribution in [1.29, 1.82) is 0 Å². The van der Waals surface area contributed by atoms with Gasteiger partial charge in [-0.2, -0.15) is 0 Å². The summed E-state index contributed by atoms with van der Waals surface area (Å²) in [4.78, 5) is 4.98. The van der Waals surface area contributed by atoms with Gasteiger partial charge in [0, 0.05) is 5.75 Å². The minimum absolute atomic E-state index is 0.221. The van der Waals surface area contributed by atoms with Gasteiger partial charge < -0.3 is 4.23 Å². The number of rotatable bonds is 6. The molecule has 3 aromatic carbocycles. The third kappa shape index (κ3) is 3.80. The van der Waals surface area contributed by atoms with Crippen LogP contribution in [0.5, 0.6) is 0 Å². The van der Waals surface area contributed by atoms with E-state index >= 15 is 0 Å². The van der Waals surface area contributed by atoms with Gasteiger partial charge in [0.15, 0.2) is 0 Å². The van der Waals surface area contributed by atoms with E-state index in [4.69, 9.17) is 4.99 Å². The first-order valence-electron chi connectivity index (χ1n) is 10.1. The molecule has 0 amide bonds. The van der Waals surface area contributed by atoms with E-state index in [9.17, 15) is 0 Å². The lowest BCUT2D eigenvalue weighted by molar-refractivity contribution is 0.513. The molecule has 0 saturated heterocycles. The van der Waals surface area contributed by atoms with E-state index in [2.05, 4.69) is 120 Å². The summed E-state index contributed by atoms with van der Waals surface area (Å²) >= 11 is 1.84. The van der Waals surface area contributed by atoms with Crippen LogP contribution in [0.1, 0.15) is 0 Å². The molecule has 0 N–H and O–H groups in total. The Morgan fingerprint density at radius 1 is 0.724 bits per heavy atom. The van der Waals surface area contributed by atoms with E-state index in [0.29, 0.717) is 0 Å². The van der Waals surface area contributed by atoms with Crippen molar-refractivity contribution >= 4 is 49.3 Å². The Bertz CT molecular complexity index is 860. The Morgan fingerprint density at radius 3 is 1.45 bits per heavy atom. The third-order valence-corrected chi connectivity index (χ3v) is 15.6. The number of nitrogens with zero attached hydrogens (tertiary/aromatic N) is 2. The molecule has 0 aliphatic carbocycles. The summed E-state index contributed by atoms with van der Waals surface area (Å²) < 4.78 is 2.89. The standard InChI is InChI=1S/C24H28N2SSi2/c1-28(2,3)26(24-19-27-20-25-24)29(21-13-7-4-8-14-21,22-15-9-5-10-16-22)23-17-11-6-12-18-23/h4-18,20,24H,19H2,1-3H3. The van der Waals surface area contributed by atoms with Crippen LogP contribution in [0.4, 0.5) is 0 Å². The van der Waals surface area contributed by atoms with E-state index in [1.807, 2.05) is 11.8 Å². The summed E-state index contributed by atoms with van der Waals surface area (Å²) in [7, 11) is -4.25. The largest absolute Gasteiger partial charge is 0.313 e. The van der Waals surface area contributed by atoms with Gasteiger partial charge in [-0.1, -0.05) is 111 Å². The van der Waals surface area contributed by atoms with Gasteiger partial charge in [0.1, 0.15) is 14.4 Å². The van der Waals surface area contributed by atoms with Crippen molar-refractivity contribution in [3.8, 4) is 0 Å². The summed E-state index contributed by atoms with van der Waals surface area (Å²) in [5.41, 5.74) is 2.05.